The number of pyridine rings is 1. The molecular formula is C11H16Cl2N2O2. The van der Waals surface area contributed by atoms with Crippen LogP contribution in [0, 0.1) is 5.41 Å². The Kier molecular flexibility index (Phi) is 5.88. The standard InChI is InChI=1S/C11H15ClN2O2.ClH/c1-11(2,10(15)16-3)9(13)7-4-5-14-6-8(7)12;/h4-6,9H,13H2,1-3H3;1H/t9-;/m0./s1. The molecule has 0 fully saturated rings. The zero-order valence-corrected chi connectivity index (χ0v) is 11.5. The monoisotopic (exact) mass is 278 g/mol. The lowest BCUT2D eigenvalue weighted by atomic mass is 9.81. The molecule has 96 valence electrons. The number of esters is 1. The fourth-order valence-corrected chi connectivity index (χ4v) is 1.65. The van der Waals surface area contributed by atoms with Crippen LogP contribution in [0.25, 0.3) is 0 Å². The summed E-state index contributed by atoms with van der Waals surface area (Å²) in [5.74, 6) is -0.368. The second kappa shape index (κ2) is 6.19. The number of rotatable bonds is 3. The summed E-state index contributed by atoms with van der Waals surface area (Å²) in [4.78, 5) is 15.5. The molecule has 4 nitrogen and oxygen atoms in total. The maximum Gasteiger partial charge on any atom is 0.313 e. The normalized spacial score (nSPS) is 12.5. The largest absolute Gasteiger partial charge is 0.469 e. The maximum atomic E-state index is 11.6. The second-order valence-electron chi connectivity index (χ2n) is 4.09. The first-order valence-electron chi connectivity index (χ1n) is 4.84. The van der Waals surface area contributed by atoms with E-state index >= 15 is 0 Å². The number of methoxy groups -OCH3 is 1. The Balaban J connectivity index is 0.00000256. The fraction of sp³-hybridized carbons (Fsp3) is 0.455. The van der Waals surface area contributed by atoms with Crippen molar-refractivity contribution in [1.29, 1.82) is 0 Å². The highest BCUT2D eigenvalue weighted by molar-refractivity contribution is 6.31. The highest BCUT2D eigenvalue weighted by Gasteiger charge is 2.37. The average Bonchev–Trinajstić information content (AvgIpc) is 2.27. The van der Waals surface area contributed by atoms with Crippen LogP contribution >= 0.6 is 24.0 Å². The van der Waals surface area contributed by atoms with Gasteiger partial charge in [0.2, 0.25) is 0 Å². The van der Waals surface area contributed by atoms with Gasteiger partial charge in [-0.25, -0.2) is 0 Å². The molecule has 1 atom stereocenters. The quantitative estimate of drug-likeness (QED) is 0.862. The number of nitrogens with zero attached hydrogens (tertiary/aromatic N) is 1. The maximum absolute atomic E-state index is 11.6. The summed E-state index contributed by atoms with van der Waals surface area (Å²) in [5, 5.41) is 0.451. The lowest BCUT2D eigenvalue weighted by Gasteiger charge is -2.29. The molecule has 1 aromatic heterocycles. The third kappa shape index (κ3) is 3.31. The number of hydrogen-bond acceptors (Lipinski definition) is 4. The molecule has 0 saturated carbocycles. The van der Waals surface area contributed by atoms with Crippen molar-refractivity contribution >= 4 is 30.0 Å². The van der Waals surface area contributed by atoms with E-state index in [-0.39, 0.29) is 18.4 Å². The van der Waals surface area contributed by atoms with Gasteiger partial charge in [0.25, 0.3) is 0 Å². The number of nitrogens with two attached hydrogens (primary N) is 1. The topological polar surface area (TPSA) is 65.2 Å². The molecule has 0 aliphatic rings. The van der Waals surface area contributed by atoms with Gasteiger partial charge in [-0.3, -0.25) is 9.78 Å². The fourth-order valence-electron chi connectivity index (χ4n) is 1.42. The molecule has 2 N–H and O–H groups in total. The Morgan fingerprint density at radius 3 is 2.65 bits per heavy atom. The van der Waals surface area contributed by atoms with Crippen LogP contribution in [0.15, 0.2) is 18.5 Å². The van der Waals surface area contributed by atoms with Crippen LogP contribution in [0.2, 0.25) is 5.02 Å². The summed E-state index contributed by atoms with van der Waals surface area (Å²) in [6.45, 7) is 3.44. The van der Waals surface area contributed by atoms with Gasteiger partial charge in [-0.1, -0.05) is 11.6 Å². The molecule has 0 unspecified atom stereocenters. The predicted molar refractivity (Wildman–Crippen MR) is 69.2 cm³/mol. The number of carbonyl (C=O) groups excluding carboxylic acids is 1. The van der Waals surface area contributed by atoms with E-state index in [1.165, 1.54) is 13.3 Å². The van der Waals surface area contributed by atoms with Crippen LogP contribution in [-0.4, -0.2) is 18.1 Å². The minimum Gasteiger partial charge on any atom is -0.469 e. The van der Waals surface area contributed by atoms with E-state index in [1.807, 2.05) is 0 Å². The number of ether oxygens (including phenoxy) is 1. The minimum atomic E-state index is -0.834. The first kappa shape index (κ1) is 16.2. The molecule has 1 heterocycles. The molecule has 0 saturated heterocycles. The summed E-state index contributed by atoms with van der Waals surface area (Å²) < 4.78 is 4.72. The van der Waals surface area contributed by atoms with Gasteiger partial charge in [0.05, 0.1) is 17.5 Å². The zero-order chi connectivity index (χ0) is 12.3. The van der Waals surface area contributed by atoms with Gasteiger partial charge in [0.15, 0.2) is 0 Å². The lowest BCUT2D eigenvalue weighted by molar-refractivity contribution is -0.152. The number of aromatic nitrogens is 1. The average molecular weight is 279 g/mol. The van der Waals surface area contributed by atoms with Crippen molar-refractivity contribution in [2.24, 2.45) is 11.1 Å². The van der Waals surface area contributed by atoms with Crippen LogP contribution < -0.4 is 5.73 Å². The van der Waals surface area contributed by atoms with Gasteiger partial charge < -0.3 is 10.5 Å². The molecule has 0 bridgehead atoms. The molecule has 17 heavy (non-hydrogen) atoms. The minimum absolute atomic E-state index is 0. The Morgan fingerprint density at radius 2 is 2.18 bits per heavy atom. The molecular weight excluding hydrogens is 263 g/mol. The smallest absolute Gasteiger partial charge is 0.313 e. The van der Waals surface area contributed by atoms with Crippen LogP contribution in [0.3, 0.4) is 0 Å². The molecule has 1 rings (SSSR count). The van der Waals surface area contributed by atoms with Crippen molar-refractivity contribution in [2.45, 2.75) is 19.9 Å². The van der Waals surface area contributed by atoms with Crippen molar-refractivity contribution in [3.8, 4) is 0 Å². The van der Waals surface area contributed by atoms with E-state index in [9.17, 15) is 4.79 Å². The van der Waals surface area contributed by atoms with Gasteiger partial charge in [0, 0.05) is 18.4 Å². The van der Waals surface area contributed by atoms with E-state index < -0.39 is 11.5 Å². The molecule has 0 aliphatic heterocycles. The Hall–Kier alpha value is -0.840. The van der Waals surface area contributed by atoms with Crippen molar-refractivity contribution in [1.82, 2.24) is 4.98 Å². The first-order valence-corrected chi connectivity index (χ1v) is 5.22. The van der Waals surface area contributed by atoms with E-state index in [0.717, 1.165) is 0 Å². The SMILES string of the molecule is COC(=O)C(C)(C)[C@@H](N)c1ccncc1Cl.Cl. The predicted octanol–water partition coefficient (Wildman–Crippen LogP) is 2.36. The molecule has 0 amide bonds. The van der Waals surface area contributed by atoms with Gasteiger partial charge >= 0.3 is 5.97 Å². The van der Waals surface area contributed by atoms with Crippen molar-refractivity contribution in [3.05, 3.63) is 29.0 Å². The van der Waals surface area contributed by atoms with Crippen molar-refractivity contribution in [2.75, 3.05) is 7.11 Å². The third-order valence-corrected chi connectivity index (χ3v) is 2.94. The van der Waals surface area contributed by atoms with E-state index in [2.05, 4.69) is 4.98 Å². The third-order valence-electron chi connectivity index (χ3n) is 2.63. The summed E-state index contributed by atoms with van der Waals surface area (Å²) in [6, 6.07) is 1.17. The summed E-state index contributed by atoms with van der Waals surface area (Å²) >= 11 is 5.98. The van der Waals surface area contributed by atoms with Crippen molar-refractivity contribution in [3.63, 3.8) is 0 Å². The second-order valence-corrected chi connectivity index (χ2v) is 4.50. The highest BCUT2D eigenvalue weighted by atomic mass is 35.5. The van der Waals surface area contributed by atoms with E-state index in [1.54, 1.807) is 26.1 Å². The van der Waals surface area contributed by atoms with Crippen LogP contribution in [-0.2, 0) is 9.53 Å². The van der Waals surface area contributed by atoms with Crippen LogP contribution in [0.5, 0.6) is 0 Å². The van der Waals surface area contributed by atoms with E-state index in [0.29, 0.717) is 10.6 Å². The van der Waals surface area contributed by atoms with E-state index in [4.69, 9.17) is 22.1 Å². The van der Waals surface area contributed by atoms with Gasteiger partial charge in [0.1, 0.15) is 0 Å². The number of hydrogen-bond donors (Lipinski definition) is 1. The number of halogens is 2. The van der Waals surface area contributed by atoms with Gasteiger partial charge in [-0.05, 0) is 25.5 Å². The van der Waals surface area contributed by atoms with Crippen molar-refractivity contribution < 1.29 is 9.53 Å². The Bertz CT molecular complexity index is 397. The van der Waals surface area contributed by atoms with Crippen LogP contribution in [0.1, 0.15) is 25.5 Å². The molecule has 0 aliphatic carbocycles. The van der Waals surface area contributed by atoms with Gasteiger partial charge in [-0.2, -0.15) is 0 Å². The van der Waals surface area contributed by atoms with Crippen LogP contribution in [0.4, 0.5) is 0 Å². The molecule has 6 heteroatoms. The molecule has 1 aromatic rings. The highest BCUT2D eigenvalue weighted by Crippen LogP contribution is 2.35. The molecule has 0 radical (unpaired) electrons. The summed E-state index contributed by atoms with van der Waals surface area (Å²) in [6.07, 6.45) is 3.10. The first-order chi connectivity index (χ1) is 7.41. The Labute approximate surface area is 112 Å². The Morgan fingerprint density at radius 1 is 1.59 bits per heavy atom. The summed E-state index contributed by atoms with van der Waals surface area (Å²) in [7, 11) is 1.34. The summed E-state index contributed by atoms with van der Waals surface area (Å²) in [5.41, 5.74) is 5.89. The molecule has 0 spiro atoms. The zero-order valence-electron chi connectivity index (χ0n) is 9.94. The lowest BCUT2D eigenvalue weighted by Crippen LogP contribution is -2.37. The van der Waals surface area contributed by atoms with Gasteiger partial charge in [-0.15, -0.1) is 12.4 Å². The molecule has 0 aromatic carbocycles. The number of carbonyl (C=O) groups is 1.